The zero-order chi connectivity index (χ0) is 15.5. The van der Waals surface area contributed by atoms with Gasteiger partial charge in [-0.1, -0.05) is 29.8 Å². The fourth-order valence-electron chi connectivity index (χ4n) is 2.38. The van der Waals surface area contributed by atoms with Crippen LogP contribution in [0.3, 0.4) is 0 Å². The van der Waals surface area contributed by atoms with Crippen molar-refractivity contribution in [3.8, 4) is 0 Å². The van der Waals surface area contributed by atoms with E-state index in [0.29, 0.717) is 18.5 Å². The highest BCUT2D eigenvalue weighted by Gasteiger charge is 2.38. The number of fused-ring (bicyclic) bond motifs is 1. The van der Waals surface area contributed by atoms with Gasteiger partial charge in [-0.25, -0.2) is 0 Å². The van der Waals surface area contributed by atoms with Crippen LogP contribution in [0.15, 0.2) is 53.4 Å². The van der Waals surface area contributed by atoms with Crippen LogP contribution in [-0.4, -0.2) is 22.6 Å². The molecule has 1 unspecified atom stereocenters. The maximum absolute atomic E-state index is 12.2. The van der Waals surface area contributed by atoms with Crippen LogP contribution in [0.25, 0.3) is 0 Å². The van der Waals surface area contributed by atoms with Crippen LogP contribution in [-0.2, 0) is 0 Å². The zero-order valence-electron chi connectivity index (χ0n) is 12.3. The molecule has 1 atom stereocenters. The summed E-state index contributed by atoms with van der Waals surface area (Å²) < 4.78 is 1.04. The lowest BCUT2D eigenvalue weighted by atomic mass is 10.1. The first kappa shape index (κ1) is 14.8. The van der Waals surface area contributed by atoms with Crippen molar-refractivity contribution < 1.29 is 9.55 Å². The van der Waals surface area contributed by atoms with Crippen molar-refractivity contribution in [2.45, 2.75) is 23.6 Å². The summed E-state index contributed by atoms with van der Waals surface area (Å²) in [7, 11) is 0. The summed E-state index contributed by atoms with van der Waals surface area (Å²) in [6.45, 7) is 2.47. The Kier molecular flexibility index (Phi) is 4.24. The monoisotopic (exact) mass is 313 g/mol. The number of nitroso groups, excluding NO2 is 1. The molecular formula is C17H17N2O2S+. The van der Waals surface area contributed by atoms with Gasteiger partial charge in [0.2, 0.25) is 0 Å². The fraction of sp³-hybridized carbons (Fsp3) is 0.235. The van der Waals surface area contributed by atoms with Crippen molar-refractivity contribution in [2.75, 3.05) is 6.54 Å². The van der Waals surface area contributed by atoms with Crippen molar-refractivity contribution in [3.05, 3.63) is 64.6 Å². The summed E-state index contributed by atoms with van der Waals surface area (Å²) in [6.07, 6.45) is 0.612. The van der Waals surface area contributed by atoms with Gasteiger partial charge in [0.15, 0.2) is 0 Å². The van der Waals surface area contributed by atoms with E-state index in [2.05, 4.69) is 5.32 Å². The molecule has 1 aliphatic rings. The molecule has 1 amide bonds. The topological polar surface area (TPSA) is 49.2 Å². The molecule has 3 rings (SSSR count). The maximum atomic E-state index is 12.2. The highest BCUT2D eigenvalue weighted by Crippen LogP contribution is 2.42. The second kappa shape index (κ2) is 6.32. The van der Waals surface area contributed by atoms with Gasteiger partial charge in [-0.05, 0) is 36.9 Å². The normalized spacial score (nSPS) is 16.4. The molecule has 0 saturated carbocycles. The number of nitrogens with zero attached hydrogens (tertiary/aromatic N) is 1. The first-order chi connectivity index (χ1) is 10.6. The minimum atomic E-state index is -0.171. The van der Waals surface area contributed by atoms with Gasteiger partial charge >= 0.3 is 0 Å². The average molecular weight is 313 g/mol. The van der Waals surface area contributed by atoms with Gasteiger partial charge in [0.25, 0.3) is 17.0 Å². The molecule has 112 valence electrons. The number of nitrogens with one attached hydrogen (secondary N) is 1. The van der Waals surface area contributed by atoms with E-state index in [0.717, 1.165) is 20.9 Å². The fourth-order valence-corrected chi connectivity index (χ4v) is 3.55. The molecule has 0 fully saturated rings. The average Bonchev–Trinajstić information content (AvgIpc) is 2.85. The van der Waals surface area contributed by atoms with Crippen molar-refractivity contribution in [1.82, 2.24) is 5.32 Å². The molecule has 0 aromatic heterocycles. The van der Waals surface area contributed by atoms with E-state index in [1.54, 1.807) is 11.8 Å². The van der Waals surface area contributed by atoms with Gasteiger partial charge in [0.05, 0.1) is 9.66 Å². The quantitative estimate of drug-likeness (QED) is 0.876. The van der Waals surface area contributed by atoms with Crippen LogP contribution >= 0.6 is 11.8 Å². The standard InChI is InChI=1S/C17H16N2O2S/c1-12-6-8-13(9-7-12)17(20)18-11-10-16-19(21)14-4-2-3-5-15(14)22-16/h2-9,16H,10-11H2,1H3/p+1. The molecule has 0 saturated heterocycles. The van der Waals surface area contributed by atoms with Crippen LogP contribution in [0.2, 0.25) is 0 Å². The predicted molar refractivity (Wildman–Crippen MR) is 87.5 cm³/mol. The number of hydrogen-bond donors (Lipinski definition) is 1. The lowest BCUT2D eigenvalue weighted by Gasteiger charge is -2.05. The molecule has 1 heterocycles. The number of benzene rings is 2. The van der Waals surface area contributed by atoms with Gasteiger partial charge in [-0.3, -0.25) is 4.79 Å². The van der Waals surface area contributed by atoms with E-state index < -0.39 is 0 Å². The minimum Gasteiger partial charge on any atom is -0.352 e. The molecule has 0 radical (unpaired) electrons. The van der Waals surface area contributed by atoms with Crippen molar-refractivity contribution in [1.29, 1.82) is 0 Å². The van der Waals surface area contributed by atoms with E-state index in [9.17, 15) is 9.70 Å². The van der Waals surface area contributed by atoms with Crippen LogP contribution in [0, 0.1) is 11.8 Å². The van der Waals surface area contributed by atoms with Gasteiger partial charge in [-0.2, -0.15) is 0 Å². The molecule has 5 heteroatoms. The zero-order valence-corrected chi connectivity index (χ0v) is 13.1. The Balaban J connectivity index is 1.53. The summed E-state index contributed by atoms with van der Waals surface area (Å²) in [5.41, 5.74) is 2.49. The Morgan fingerprint density at radius 2 is 1.91 bits per heavy atom. The van der Waals surface area contributed by atoms with E-state index in [1.165, 1.54) is 0 Å². The lowest BCUT2D eigenvalue weighted by Crippen LogP contribution is -2.27. The Morgan fingerprint density at radius 1 is 1.18 bits per heavy atom. The van der Waals surface area contributed by atoms with E-state index in [1.807, 2.05) is 55.5 Å². The molecule has 0 aliphatic carbocycles. The Hall–Kier alpha value is -2.14. The number of hydrogen-bond acceptors (Lipinski definition) is 3. The van der Waals surface area contributed by atoms with E-state index in [4.69, 9.17) is 0 Å². The van der Waals surface area contributed by atoms with E-state index in [-0.39, 0.29) is 11.3 Å². The molecule has 0 bridgehead atoms. The third-order valence-electron chi connectivity index (χ3n) is 3.62. The Bertz CT molecular complexity index is 713. The molecule has 2 aromatic rings. The van der Waals surface area contributed by atoms with Gasteiger partial charge in [0.1, 0.15) is 0 Å². The molecule has 2 aromatic carbocycles. The Morgan fingerprint density at radius 3 is 2.64 bits per heavy atom. The molecule has 1 aliphatic heterocycles. The SMILES string of the molecule is Cc1ccc(C(=O)NCCC2Sc3ccccc3[N+]2=O)cc1. The molecular weight excluding hydrogens is 296 g/mol. The lowest BCUT2D eigenvalue weighted by molar-refractivity contribution is -0.476. The van der Waals surface area contributed by atoms with Crippen LogP contribution < -0.4 is 5.32 Å². The molecule has 0 spiro atoms. The second-order valence-corrected chi connectivity index (χ2v) is 6.50. The molecule has 1 N–H and O–H groups in total. The number of carbonyl (C=O) groups excluding carboxylic acids is 1. The number of rotatable bonds is 4. The summed E-state index contributed by atoms with van der Waals surface area (Å²) in [6, 6.07) is 15.0. The number of aryl methyl sites for hydroxylation is 1. The molecule has 4 nitrogen and oxygen atoms in total. The highest BCUT2D eigenvalue weighted by atomic mass is 32.2. The number of amides is 1. The van der Waals surface area contributed by atoms with Crippen LogP contribution in [0.4, 0.5) is 5.69 Å². The number of para-hydroxylation sites is 1. The number of thioether (sulfide) groups is 1. The predicted octanol–water partition coefficient (Wildman–Crippen LogP) is 3.66. The highest BCUT2D eigenvalue weighted by molar-refractivity contribution is 8.00. The summed E-state index contributed by atoms with van der Waals surface area (Å²) in [5, 5.41) is 2.70. The third kappa shape index (κ3) is 3.04. The smallest absolute Gasteiger partial charge is 0.271 e. The maximum Gasteiger partial charge on any atom is 0.271 e. The van der Waals surface area contributed by atoms with Crippen molar-refractivity contribution in [2.24, 2.45) is 0 Å². The Labute approximate surface area is 133 Å². The largest absolute Gasteiger partial charge is 0.352 e. The second-order valence-electron chi connectivity index (χ2n) is 5.28. The van der Waals surface area contributed by atoms with Crippen molar-refractivity contribution in [3.63, 3.8) is 0 Å². The van der Waals surface area contributed by atoms with Gasteiger partial charge in [-0.15, -0.1) is 0 Å². The van der Waals surface area contributed by atoms with Crippen molar-refractivity contribution >= 4 is 23.4 Å². The first-order valence-corrected chi connectivity index (χ1v) is 8.10. The minimum absolute atomic E-state index is 0.0991. The summed E-state index contributed by atoms with van der Waals surface area (Å²) >= 11 is 1.56. The summed E-state index contributed by atoms with van der Waals surface area (Å²) in [5.74, 6) is -0.0991. The van der Waals surface area contributed by atoms with E-state index >= 15 is 0 Å². The summed E-state index contributed by atoms with van der Waals surface area (Å²) in [4.78, 5) is 25.2. The van der Waals surface area contributed by atoms with Crippen LogP contribution in [0.5, 0.6) is 0 Å². The van der Waals surface area contributed by atoms with Crippen LogP contribution in [0.1, 0.15) is 22.3 Å². The number of carbonyl (C=O) groups is 1. The third-order valence-corrected chi connectivity index (χ3v) is 4.92. The molecule has 22 heavy (non-hydrogen) atoms. The van der Waals surface area contributed by atoms with Gasteiger partial charge in [0, 0.05) is 29.5 Å². The van der Waals surface area contributed by atoms with Gasteiger partial charge < -0.3 is 5.32 Å². The first-order valence-electron chi connectivity index (χ1n) is 7.22.